The summed E-state index contributed by atoms with van der Waals surface area (Å²) in [5, 5.41) is 27.7. The quantitative estimate of drug-likeness (QED) is 0.300. The number of para-hydroxylation sites is 2. The van der Waals surface area contributed by atoms with E-state index in [9.17, 15) is 19.8 Å². The van der Waals surface area contributed by atoms with E-state index >= 15 is 0 Å². The van der Waals surface area contributed by atoms with Crippen LogP contribution < -0.4 is 20.3 Å². The van der Waals surface area contributed by atoms with Gasteiger partial charge in [0.1, 0.15) is 0 Å². The molecule has 0 bridgehead atoms. The summed E-state index contributed by atoms with van der Waals surface area (Å²) in [6, 6.07) is 15.6. The van der Waals surface area contributed by atoms with Gasteiger partial charge in [0.25, 0.3) is 11.8 Å². The minimum atomic E-state index is -0.503. The molecule has 0 unspecified atom stereocenters. The molecule has 0 fully saturated rings. The molecule has 0 heterocycles. The first-order valence-electron chi connectivity index (χ1n) is 9.93. The lowest BCUT2D eigenvalue weighted by molar-refractivity contribution is 0.0943. The molecule has 10 heteroatoms. The number of carbonyl (C=O) groups excluding carboxylic acids is 2. The van der Waals surface area contributed by atoms with Gasteiger partial charge in [-0.1, -0.05) is 12.1 Å². The van der Waals surface area contributed by atoms with Gasteiger partial charge in [0.2, 0.25) is 0 Å². The Labute approximate surface area is 195 Å². The number of phenols is 2. The van der Waals surface area contributed by atoms with Gasteiger partial charge in [-0.05, 0) is 48.5 Å². The average Bonchev–Trinajstić information content (AvgIpc) is 2.86. The van der Waals surface area contributed by atoms with Crippen molar-refractivity contribution in [3.8, 4) is 23.0 Å². The molecule has 2 amide bonds. The predicted molar refractivity (Wildman–Crippen MR) is 126 cm³/mol. The van der Waals surface area contributed by atoms with Crippen LogP contribution in [-0.2, 0) is 0 Å². The second kappa shape index (κ2) is 11.1. The fraction of sp³-hybridized carbons (Fsp3) is 0.0833. The number of ether oxygens (including phenoxy) is 2. The highest BCUT2D eigenvalue weighted by Gasteiger charge is 2.09. The third kappa shape index (κ3) is 5.68. The zero-order chi connectivity index (χ0) is 24.5. The van der Waals surface area contributed by atoms with Gasteiger partial charge in [0.15, 0.2) is 23.0 Å². The second-order valence-electron chi connectivity index (χ2n) is 6.77. The van der Waals surface area contributed by atoms with Crippen molar-refractivity contribution in [2.24, 2.45) is 10.2 Å². The van der Waals surface area contributed by atoms with Crippen molar-refractivity contribution in [1.82, 2.24) is 10.9 Å². The number of nitrogens with one attached hydrogen (secondary N) is 2. The largest absolute Gasteiger partial charge is 0.504 e. The van der Waals surface area contributed by atoms with Crippen LogP contribution in [0.1, 0.15) is 31.8 Å². The molecule has 0 saturated heterocycles. The van der Waals surface area contributed by atoms with Crippen LogP contribution in [0.2, 0.25) is 0 Å². The van der Waals surface area contributed by atoms with Crippen molar-refractivity contribution in [2.45, 2.75) is 0 Å². The monoisotopic (exact) mass is 462 g/mol. The van der Waals surface area contributed by atoms with Crippen molar-refractivity contribution >= 4 is 24.2 Å². The molecule has 0 spiro atoms. The van der Waals surface area contributed by atoms with Crippen LogP contribution in [0.25, 0.3) is 0 Å². The van der Waals surface area contributed by atoms with Gasteiger partial charge in [-0.2, -0.15) is 10.2 Å². The molecular formula is C24H22N4O6. The van der Waals surface area contributed by atoms with Crippen molar-refractivity contribution in [1.29, 1.82) is 0 Å². The number of carbonyl (C=O) groups is 2. The fourth-order valence-corrected chi connectivity index (χ4v) is 2.84. The SMILES string of the molecule is COc1cccc(C=NNC(=O)c2ccc(C(=O)NN=Cc3cccc(OC)c3O)cc2)c1O. The number of hydrogen-bond donors (Lipinski definition) is 4. The topological polar surface area (TPSA) is 142 Å². The predicted octanol–water partition coefficient (Wildman–Crippen LogP) is 2.64. The van der Waals surface area contributed by atoms with E-state index in [1.54, 1.807) is 36.4 Å². The zero-order valence-corrected chi connectivity index (χ0v) is 18.4. The van der Waals surface area contributed by atoms with Crippen molar-refractivity contribution < 1.29 is 29.3 Å². The number of methoxy groups -OCH3 is 2. The first-order valence-corrected chi connectivity index (χ1v) is 9.93. The zero-order valence-electron chi connectivity index (χ0n) is 18.4. The van der Waals surface area contributed by atoms with E-state index in [4.69, 9.17) is 9.47 Å². The Morgan fingerprint density at radius 1 is 0.706 bits per heavy atom. The molecule has 0 saturated carbocycles. The third-order valence-electron chi connectivity index (χ3n) is 4.65. The van der Waals surface area contributed by atoms with E-state index in [1.807, 2.05) is 0 Å². The number of hydrazone groups is 2. The number of phenolic OH excluding ortho intramolecular Hbond substituents is 2. The van der Waals surface area contributed by atoms with Crippen LogP contribution in [0.15, 0.2) is 70.9 Å². The summed E-state index contributed by atoms with van der Waals surface area (Å²) in [7, 11) is 2.86. The van der Waals surface area contributed by atoms with Gasteiger partial charge in [-0.3, -0.25) is 9.59 Å². The van der Waals surface area contributed by atoms with Crippen LogP contribution in [0.5, 0.6) is 23.0 Å². The highest BCUT2D eigenvalue weighted by molar-refractivity contribution is 5.98. The van der Waals surface area contributed by atoms with Gasteiger partial charge < -0.3 is 19.7 Å². The Kier molecular flexibility index (Phi) is 7.79. The standard InChI is InChI=1S/C24H22N4O6/c1-33-19-7-3-5-17(21(19)29)13-25-27-23(31)15-9-11-16(12-10-15)24(32)28-26-14-18-6-4-8-20(34-2)22(18)30/h3-14,29-30H,1-2H3,(H,27,31)(H,28,32). The smallest absolute Gasteiger partial charge is 0.271 e. The Balaban J connectivity index is 1.58. The molecule has 174 valence electrons. The van der Waals surface area contributed by atoms with Gasteiger partial charge in [0.05, 0.1) is 26.6 Å². The number of rotatable bonds is 8. The molecule has 10 nitrogen and oxygen atoms in total. The lowest BCUT2D eigenvalue weighted by atomic mass is 10.1. The van der Waals surface area contributed by atoms with E-state index in [-0.39, 0.29) is 34.1 Å². The van der Waals surface area contributed by atoms with E-state index in [2.05, 4.69) is 21.1 Å². The van der Waals surface area contributed by atoms with E-state index in [0.29, 0.717) is 11.1 Å². The van der Waals surface area contributed by atoms with Gasteiger partial charge in [0, 0.05) is 22.3 Å². The molecule has 3 aromatic rings. The molecule has 3 aromatic carbocycles. The lowest BCUT2D eigenvalue weighted by Gasteiger charge is -2.05. The molecule has 0 aromatic heterocycles. The number of aromatic hydroxyl groups is 2. The van der Waals surface area contributed by atoms with Gasteiger partial charge in [-0.15, -0.1) is 0 Å². The average molecular weight is 462 g/mol. The Hall–Kier alpha value is -4.86. The third-order valence-corrected chi connectivity index (χ3v) is 4.65. The van der Waals surface area contributed by atoms with Crippen molar-refractivity contribution in [3.63, 3.8) is 0 Å². The molecule has 0 atom stereocenters. The summed E-state index contributed by atoms with van der Waals surface area (Å²) >= 11 is 0. The van der Waals surface area contributed by atoms with E-state index in [0.717, 1.165) is 0 Å². The maximum atomic E-state index is 12.3. The molecule has 0 aliphatic carbocycles. The van der Waals surface area contributed by atoms with Crippen LogP contribution in [0.4, 0.5) is 0 Å². The summed E-state index contributed by atoms with van der Waals surface area (Å²) < 4.78 is 10.0. The lowest BCUT2D eigenvalue weighted by Crippen LogP contribution is -2.19. The fourth-order valence-electron chi connectivity index (χ4n) is 2.84. The maximum Gasteiger partial charge on any atom is 0.271 e. The van der Waals surface area contributed by atoms with E-state index in [1.165, 1.54) is 50.9 Å². The van der Waals surface area contributed by atoms with Crippen LogP contribution in [0, 0.1) is 0 Å². The molecular weight excluding hydrogens is 440 g/mol. The first-order chi connectivity index (χ1) is 16.4. The second-order valence-corrected chi connectivity index (χ2v) is 6.77. The summed E-state index contributed by atoms with van der Waals surface area (Å²) in [5.41, 5.74) is 5.98. The summed E-state index contributed by atoms with van der Waals surface area (Å²) in [6.07, 6.45) is 2.57. The normalized spacial score (nSPS) is 10.9. The van der Waals surface area contributed by atoms with Crippen LogP contribution >= 0.6 is 0 Å². The number of hydrogen-bond acceptors (Lipinski definition) is 8. The number of amides is 2. The minimum Gasteiger partial charge on any atom is -0.504 e. The first kappa shape index (κ1) is 23.8. The highest BCUT2D eigenvalue weighted by Crippen LogP contribution is 2.28. The highest BCUT2D eigenvalue weighted by atomic mass is 16.5. The molecule has 0 radical (unpaired) electrons. The summed E-state index contributed by atoms with van der Waals surface area (Å²) in [4.78, 5) is 24.5. The maximum absolute atomic E-state index is 12.3. The molecule has 34 heavy (non-hydrogen) atoms. The molecule has 4 N–H and O–H groups in total. The minimum absolute atomic E-state index is 0.0948. The Morgan fingerprint density at radius 3 is 1.44 bits per heavy atom. The van der Waals surface area contributed by atoms with Crippen LogP contribution in [0.3, 0.4) is 0 Å². The van der Waals surface area contributed by atoms with Crippen LogP contribution in [-0.4, -0.2) is 48.7 Å². The summed E-state index contributed by atoms with van der Waals surface area (Å²) in [5.74, 6) is -0.623. The van der Waals surface area contributed by atoms with Crippen molar-refractivity contribution in [3.05, 3.63) is 82.9 Å². The van der Waals surface area contributed by atoms with Gasteiger partial charge >= 0.3 is 0 Å². The Morgan fingerprint density at radius 2 is 1.09 bits per heavy atom. The summed E-state index contributed by atoms with van der Waals surface area (Å²) in [6.45, 7) is 0. The number of nitrogens with zero attached hydrogens (tertiary/aromatic N) is 2. The van der Waals surface area contributed by atoms with E-state index < -0.39 is 11.8 Å². The molecule has 0 aliphatic rings. The molecule has 0 aliphatic heterocycles. The van der Waals surface area contributed by atoms with Gasteiger partial charge in [-0.25, -0.2) is 10.9 Å². The van der Waals surface area contributed by atoms with Crippen molar-refractivity contribution in [2.75, 3.05) is 14.2 Å². The Bertz CT molecular complexity index is 1140. The number of benzene rings is 3. The molecule has 3 rings (SSSR count).